The van der Waals surface area contributed by atoms with Crippen LogP contribution in [0.2, 0.25) is 0 Å². The molecule has 0 fully saturated rings. The van der Waals surface area contributed by atoms with Crippen molar-refractivity contribution in [3.05, 3.63) is 65.7 Å². The highest BCUT2D eigenvalue weighted by molar-refractivity contribution is 7.26. The van der Waals surface area contributed by atoms with Crippen LogP contribution in [0.5, 0.6) is 0 Å². The van der Waals surface area contributed by atoms with Crippen molar-refractivity contribution in [2.75, 3.05) is 5.73 Å². The lowest BCUT2D eigenvalue weighted by Crippen LogP contribution is -2.15. The fourth-order valence-electron chi connectivity index (χ4n) is 4.02. The van der Waals surface area contributed by atoms with Crippen LogP contribution < -0.4 is 5.73 Å². The molecular formula is C21H17NS. The second-order valence-corrected chi connectivity index (χ2v) is 7.95. The Labute approximate surface area is 139 Å². The number of benzene rings is 3. The topological polar surface area (TPSA) is 26.0 Å². The minimum atomic E-state index is 0.00438. The third kappa shape index (κ3) is 1.57. The van der Waals surface area contributed by atoms with Crippen LogP contribution in [-0.2, 0) is 5.41 Å². The van der Waals surface area contributed by atoms with Gasteiger partial charge in [0, 0.05) is 36.8 Å². The molecule has 1 heterocycles. The van der Waals surface area contributed by atoms with Gasteiger partial charge in [-0.1, -0.05) is 50.2 Å². The van der Waals surface area contributed by atoms with E-state index in [1.807, 2.05) is 17.4 Å². The molecule has 0 radical (unpaired) electrons. The zero-order chi connectivity index (χ0) is 15.8. The Morgan fingerprint density at radius 2 is 1.70 bits per heavy atom. The molecule has 0 spiro atoms. The van der Waals surface area contributed by atoms with Gasteiger partial charge >= 0.3 is 0 Å². The predicted octanol–water partition coefficient (Wildman–Crippen LogP) is 5.94. The van der Waals surface area contributed by atoms with Crippen molar-refractivity contribution in [1.82, 2.24) is 0 Å². The quantitative estimate of drug-likeness (QED) is 0.399. The number of anilines is 1. The zero-order valence-electron chi connectivity index (χ0n) is 13.2. The standard InChI is InChI=1S/C21H17NS/c1-21(2)16-10-9-14-13-5-3-4-6-18(13)23-20(14)19(16)15-8-7-12(22)11-17(15)21/h3-11H,22H2,1-2H3. The molecule has 0 unspecified atom stereocenters. The molecular weight excluding hydrogens is 298 g/mol. The van der Waals surface area contributed by atoms with Crippen LogP contribution >= 0.6 is 11.3 Å². The molecule has 0 saturated heterocycles. The van der Waals surface area contributed by atoms with E-state index >= 15 is 0 Å². The van der Waals surface area contributed by atoms with Crippen molar-refractivity contribution in [2.45, 2.75) is 19.3 Å². The van der Waals surface area contributed by atoms with Crippen molar-refractivity contribution in [1.29, 1.82) is 0 Å². The van der Waals surface area contributed by atoms with E-state index in [9.17, 15) is 0 Å². The number of rotatable bonds is 0. The van der Waals surface area contributed by atoms with Crippen LogP contribution in [0.15, 0.2) is 54.6 Å². The summed E-state index contributed by atoms with van der Waals surface area (Å²) in [7, 11) is 0. The van der Waals surface area contributed by atoms with E-state index in [0.29, 0.717) is 0 Å². The molecule has 0 amide bonds. The van der Waals surface area contributed by atoms with Crippen LogP contribution in [0.3, 0.4) is 0 Å². The molecule has 1 nitrogen and oxygen atoms in total. The van der Waals surface area contributed by atoms with Gasteiger partial charge in [-0.2, -0.15) is 0 Å². The summed E-state index contributed by atoms with van der Waals surface area (Å²) in [5.41, 5.74) is 12.4. The van der Waals surface area contributed by atoms with E-state index in [2.05, 4.69) is 62.4 Å². The van der Waals surface area contributed by atoms with Gasteiger partial charge in [-0.3, -0.25) is 0 Å². The summed E-state index contributed by atoms with van der Waals surface area (Å²) < 4.78 is 2.76. The molecule has 0 atom stereocenters. The molecule has 2 heteroatoms. The Hall–Kier alpha value is -2.32. The van der Waals surface area contributed by atoms with Gasteiger partial charge in [-0.05, 0) is 34.9 Å². The third-order valence-electron chi connectivity index (χ3n) is 5.21. The first-order chi connectivity index (χ1) is 11.1. The Balaban J connectivity index is 1.99. The largest absolute Gasteiger partial charge is 0.399 e. The molecule has 4 aromatic rings. The van der Waals surface area contributed by atoms with Gasteiger partial charge in [0.1, 0.15) is 0 Å². The molecule has 0 aliphatic heterocycles. The van der Waals surface area contributed by atoms with Crippen molar-refractivity contribution in [2.24, 2.45) is 0 Å². The van der Waals surface area contributed by atoms with Crippen molar-refractivity contribution >= 4 is 37.2 Å². The highest BCUT2D eigenvalue weighted by Gasteiger charge is 2.37. The first kappa shape index (κ1) is 13.1. The Morgan fingerprint density at radius 1 is 0.870 bits per heavy atom. The zero-order valence-corrected chi connectivity index (χ0v) is 14.0. The van der Waals surface area contributed by atoms with Gasteiger partial charge in [-0.15, -0.1) is 11.3 Å². The van der Waals surface area contributed by atoms with Crippen LogP contribution in [0.1, 0.15) is 25.0 Å². The minimum absolute atomic E-state index is 0.00438. The first-order valence-electron chi connectivity index (χ1n) is 7.92. The average Bonchev–Trinajstić information content (AvgIpc) is 3.02. The normalized spacial score (nSPS) is 15.0. The van der Waals surface area contributed by atoms with Gasteiger partial charge in [0.15, 0.2) is 0 Å². The predicted molar refractivity (Wildman–Crippen MR) is 101 cm³/mol. The van der Waals surface area contributed by atoms with E-state index < -0.39 is 0 Å². The van der Waals surface area contributed by atoms with Crippen molar-refractivity contribution < 1.29 is 0 Å². The van der Waals surface area contributed by atoms with Gasteiger partial charge < -0.3 is 5.73 Å². The lowest BCUT2D eigenvalue weighted by atomic mass is 9.82. The number of fused-ring (bicyclic) bond motifs is 7. The van der Waals surface area contributed by atoms with E-state index in [1.165, 1.54) is 42.4 Å². The second-order valence-electron chi connectivity index (χ2n) is 6.89. The highest BCUT2D eigenvalue weighted by Crippen LogP contribution is 2.53. The van der Waals surface area contributed by atoms with Crippen molar-refractivity contribution in [3.63, 3.8) is 0 Å². The number of thiophene rings is 1. The molecule has 2 N–H and O–H groups in total. The van der Waals surface area contributed by atoms with Crippen LogP contribution in [-0.4, -0.2) is 0 Å². The van der Waals surface area contributed by atoms with E-state index in [0.717, 1.165) is 5.69 Å². The molecule has 5 rings (SSSR count). The second kappa shape index (κ2) is 4.15. The molecule has 3 aromatic carbocycles. The lowest BCUT2D eigenvalue weighted by Gasteiger charge is -2.21. The lowest BCUT2D eigenvalue weighted by molar-refractivity contribution is 0.661. The van der Waals surface area contributed by atoms with E-state index in [-0.39, 0.29) is 5.41 Å². The summed E-state index contributed by atoms with van der Waals surface area (Å²) in [5.74, 6) is 0. The third-order valence-corrected chi connectivity index (χ3v) is 6.41. The summed E-state index contributed by atoms with van der Waals surface area (Å²) in [6.45, 7) is 4.60. The Kier molecular flexibility index (Phi) is 2.37. The number of hydrogen-bond acceptors (Lipinski definition) is 2. The van der Waals surface area contributed by atoms with Crippen molar-refractivity contribution in [3.8, 4) is 11.1 Å². The molecule has 1 aliphatic carbocycles. The smallest absolute Gasteiger partial charge is 0.0437 e. The molecule has 23 heavy (non-hydrogen) atoms. The summed E-state index contributed by atoms with van der Waals surface area (Å²) in [6, 6.07) is 19.7. The first-order valence-corrected chi connectivity index (χ1v) is 8.74. The van der Waals surface area contributed by atoms with E-state index in [4.69, 9.17) is 5.73 Å². The molecule has 112 valence electrons. The molecule has 1 aromatic heterocycles. The number of nitrogen functional groups attached to an aromatic ring is 1. The van der Waals surface area contributed by atoms with Crippen LogP contribution in [0.25, 0.3) is 31.3 Å². The molecule has 0 bridgehead atoms. The van der Waals surface area contributed by atoms with Gasteiger partial charge in [0.25, 0.3) is 0 Å². The number of hydrogen-bond donors (Lipinski definition) is 1. The SMILES string of the molecule is CC1(C)c2cc(N)ccc2-c2c1ccc1c2sc2ccccc21. The number of nitrogens with two attached hydrogens (primary N) is 1. The fraction of sp³-hybridized carbons (Fsp3) is 0.143. The highest BCUT2D eigenvalue weighted by atomic mass is 32.1. The Morgan fingerprint density at radius 3 is 2.57 bits per heavy atom. The maximum atomic E-state index is 6.06. The maximum absolute atomic E-state index is 6.06. The van der Waals surface area contributed by atoms with Gasteiger partial charge in [0.2, 0.25) is 0 Å². The van der Waals surface area contributed by atoms with Crippen LogP contribution in [0, 0.1) is 0 Å². The summed E-state index contributed by atoms with van der Waals surface area (Å²) >= 11 is 1.90. The van der Waals surface area contributed by atoms with Gasteiger partial charge in [0.05, 0.1) is 0 Å². The molecule has 0 saturated carbocycles. The molecule has 1 aliphatic rings. The maximum Gasteiger partial charge on any atom is 0.0437 e. The summed E-state index contributed by atoms with van der Waals surface area (Å²) in [6.07, 6.45) is 0. The fourth-order valence-corrected chi connectivity index (χ4v) is 5.28. The van der Waals surface area contributed by atoms with Gasteiger partial charge in [-0.25, -0.2) is 0 Å². The monoisotopic (exact) mass is 315 g/mol. The van der Waals surface area contributed by atoms with E-state index in [1.54, 1.807) is 0 Å². The Bertz CT molecular complexity index is 1100. The summed E-state index contributed by atoms with van der Waals surface area (Å²) in [5, 5.41) is 2.72. The minimum Gasteiger partial charge on any atom is -0.399 e. The average molecular weight is 315 g/mol. The summed E-state index contributed by atoms with van der Waals surface area (Å²) in [4.78, 5) is 0. The van der Waals surface area contributed by atoms with Crippen LogP contribution in [0.4, 0.5) is 5.69 Å².